The van der Waals surface area contributed by atoms with Crippen molar-refractivity contribution in [2.75, 3.05) is 6.61 Å². The van der Waals surface area contributed by atoms with E-state index in [-0.39, 0.29) is 0 Å². The molecule has 0 aromatic heterocycles. The zero-order valence-electron chi connectivity index (χ0n) is 3.48. The minimum Gasteiger partial charge on any atom is -0.297 e. The first-order valence-electron chi connectivity index (χ1n) is 1.60. The minimum absolute atomic E-state index is 0.441. The van der Waals surface area contributed by atoms with Gasteiger partial charge in [0.25, 0.3) is 0 Å². The van der Waals surface area contributed by atoms with Crippen LogP contribution in [0.2, 0.25) is 0 Å². The maximum Gasteiger partial charge on any atom is 0.0861 e. The number of hydrogen-bond acceptors (Lipinski definition) is 2. The first-order valence-corrected chi connectivity index (χ1v) is 1.60. The van der Waals surface area contributed by atoms with Crippen LogP contribution in [0.25, 0.3) is 0 Å². The van der Waals surface area contributed by atoms with Crippen molar-refractivity contribution in [1.29, 1.82) is 0 Å². The van der Waals surface area contributed by atoms with Crippen LogP contribution in [0.3, 0.4) is 0 Å². The molecule has 0 saturated heterocycles. The first kappa shape index (κ1) is 5.66. The summed E-state index contributed by atoms with van der Waals surface area (Å²) in [6.45, 7) is 3.82. The van der Waals surface area contributed by atoms with Crippen molar-refractivity contribution in [2.45, 2.75) is 0 Å². The monoisotopic (exact) mass is 85.1 g/mol. The Morgan fingerprint density at radius 1 is 2.00 bits per heavy atom. The topological polar surface area (TPSA) is 21.3 Å². The molecule has 0 bridgehead atoms. The molecule has 0 heterocycles. The summed E-state index contributed by atoms with van der Waals surface area (Å²) in [6, 6.07) is 0. The summed E-state index contributed by atoms with van der Waals surface area (Å²) < 4.78 is 0. The van der Waals surface area contributed by atoms with Crippen molar-refractivity contribution in [3.05, 3.63) is 19.7 Å². The van der Waals surface area contributed by atoms with E-state index >= 15 is 0 Å². The van der Waals surface area contributed by atoms with Gasteiger partial charge in [0.15, 0.2) is 0 Å². The van der Waals surface area contributed by atoms with Gasteiger partial charge in [-0.25, -0.2) is 0 Å². The van der Waals surface area contributed by atoms with Crippen molar-refractivity contribution < 1.29 is 4.84 Å². The first-order chi connectivity index (χ1) is 2.91. The molecular formula is C4H7NO. The molecule has 2 radical (unpaired) electrons. The van der Waals surface area contributed by atoms with Crippen LogP contribution in [0, 0.1) is 7.05 Å². The number of hydroxylamine groups is 1. The third kappa shape index (κ3) is 3.66. The van der Waals surface area contributed by atoms with Crippen LogP contribution in [0.4, 0.5) is 0 Å². The second-order valence-corrected chi connectivity index (χ2v) is 0.718. The van der Waals surface area contributed by atoms with E-state index in [0.717, 1.165) is 0 Å². The number of rotatable bonds is 3. The highest BCUT2D eigenvalue weighted by Crippen LogP contribution is 1.62. The lowest BCUT2D eigenvalue weighted by Crippen LogP contribution is -2.02. The SMILES string of the molecule is [CH]NOCC=C. The summed E-state index contributed by atoms with van der Waals surface area (Å²) >= 11 is 0. The van der Waals surface area contributed by atoms with E-state index in [4.69, 9.17) is 7.05 Å². The van der Waals surface area contributed by atoms with Crippen molar-refractivity contribution in [2.24, 2.45) is 0 Å². The van der Waals surface area contributed by atoms with Gasteiger partial charge in [0.05, 0.1) is 13.7 Å². The average Bonchev–Trinajstić information content (AvgIpc) is 1.61. The van der Waals surface area contributed by atoms with Gasteiger partial charge in [0.1, 0.15) is 0 Å². The summed E-state index contributed by atoms with van der Waals surface area (Å²) in [6.07, 6.45) is 1.60. The van der Waals surface area contributed by atoms with Crippen LogP contribution in [0.5, 0.6) is 0 Å². The summed E-state index contributed by atoms with van der Waals surface area (Å²) in [5, 5.41) is 0. The van der Waals surface area contributed by atoms with Crippen LogP contribution in [0.15, 0.2) is 12.7 Å². The molecule has 0 aromatic rings. The second-order valence-electron chi connectivity index (χ2n) is 0.718. The fraction of sp³-hybridized carbons (Fsp3) is 0.250. The largest absolute Gasteiger partial charge is 0.297 e. The highest BCUT2D eigenvalue weighted by atomic mass is 16.6. The Kier molecular flexibility index (Phi) is 4.40. The van der Waals surface area contributed by atoms with E-state index in [1.807, 2.05) is 5.48 Å². The Morgan fingerprint density at radius 2 is 2.67 bits per heavy atom. The van der Waals surface area contributed by atoms with Gasteiger partial charge in [-0.2, -0.15) is 5.48 Å². The van der Waals surface area contributed by atoms with Gasteiger partial charge in [-0.1, -0.05) is 6.08 Å². The standard InChI is InChI=1S/C4H7NO/c1-3-4-6-5-2/h2-3,5H,1,4H2. The van der Waals surface area contributed by atoms with E-state index in [1.165, 1.54) is 0 Å². The van der Waals surface area contributed by atoms with Crippen molar-refractivity contribution in [3.8, 4) is 0 Å². The van der Waals surface area contributed by atoms with Crippen LogP contribution >= 0.6 is 0 Å². The van der Waals surface area contributed by atoms with Gasteiger partial charge in [-0.05, 0) is 0 Å². The number of hydrogen-bond donors (Lipinski definition) is 1. The van der Waals surface area contributed by atoms with Gasteiger partial charge in [-0.15, -0.1) is 6.58 Å². The molecule has 34 valence electrons. The average molecular weight is 85.1 g/mol. The maximum absolute atomic E-state index is 4.69. The highest BCUT2D eigenvalue weighted by Gasteiger charge is 1.66. The molecule has 0 rings (SSSR count). The Labute approximate surface area is 37.8 Å². The maximum atomic E-state index is 4.69. The van der Waals surface area contributed by atoms with Crippen molar-refractivity contribution in [3.63, 3.8) is 0 Å². The molecule has 0 amide bonds. The molecule has 0 aliphatic carbocycles. The molecule has 6 heavy (non-hydrogen) atoms. The van der Waals surface area contributed by atoms with Gasteiger partial charge in [0.2, 0.25) is 0 Å². The third-order valence-corrected chi connectivity index (χ3v) is 0.285. The fourth-order valence-corrected chi connectivity index (χ4v) is 0.107. The lowest BCUT2D eigenvalue weighted by atomic mass is 10.7. The molecule has 2 heteroatoms. The van der Waals surface area contributed by atoms with E-state index in [1.54, 1.807) is 6.08 Å². The van der Waals surface area contributed by atoms with Crippen LogP contribution in [-0.4, -0.2) is 6.61 Å². The Morgan fingerprint density at radius 3 is 2.83 bits per heavy atom. The van der Waals surface area contributed by atoms with Gasteiger partial charge >= 0.3 is 0 Å². The summed E-state index contributed by atoms with van der Waals surface area (Å²) in [4.78, 5) is 4.39. The molecule has 0 spiro atoms. The zero-order valence-corrected chi connectivity index (χ0v) is 3.48. The van der Waals surface area contributed by atoms with Crippen LogP contribution < -0.4 is 5.48 Å². The minimum atomic E-state index is 0.441. The molecular weight excluding hydrogens is 78.0 g/mol. The van der Waals surface area contributed by atoms with E-state index in [9.17, 15) is 0 Å². The zero-order chi connectivity index (χ0) is 4.83. The Bertz CT molecular complexity index is 36.5. The summed E-state index contributed by atoms with van der Waals surface area (Å²) in [5.74, 6) is 0. The molecule has 0 atom stereocenters. The molecule has 0 fully saturated rings. The normalized spacial score (nSPS) is 8.17. The highest BCUT2D eigenvalue weighted by molar-refractivity contribution is 4.62. The van der Waals surface area contributed by atoms with Gasteiger partial charge in [0, 0.05) is 0 Å². The van der Waals surface area contributed by atoms with Crippen LogP contribution in [-0.2, 0) is 4.84 Å². The molecule has 1 N–H and O–H groups in total. The smallest absolute Gasteiger partial charge is 0.0861 e. The van der Waals surface area contributed by atoms with Crippen LogP contribution in [0.1, 0.15) is 0 Å². The van der Waals surface area contributed by atoms with E-state index in [0.29, 0.717) is 6.61 Å². The summed E-state index contributed by atoms with van der Waals surface area (Å²) in [7, 11) is 4.69. The molecule has 0 aliphatic rings. The third-order valence-electron chi connectivity index (χ3n) is 0.285. The number of nitrogens with one attached hydrogen (secondary N) is 1. The van der Waals surface area contributed by atoms with E-state index < -0.39 is 0 Å². The molecule has 0 saturated carbocycles. The Balaban J connectivity index is 2.49. The predicted octanol–water partition coefficient (Wildman–Crippen LogP) is 0.362. The summed E-state index contributed by atoms with van der Waals surface area (Å²) in [5.41, 5.74) is 2.00. The van der Waals surface area contributed by atoms with Crippen molar-refractivity contribution >= 4 is 0 Å². The molecule has 0 aliphatic heterocycles. The molecule has 0 aromatic carbocycles. The van der Waals surface area contributed by atoms with Crippen molar-refractivity contribution in [1.82, 2.24) is 5.48 Å². The lowest BCUT2D eigenvalue weighted by molar-refractivity contribution is 0.0935. The molecule has 2 nitrogen and oxygen atoms in total. The quantitative estimate of drug-likeness (QED) is 0.231. The van der Waals surface area contributed by atoms with Gasteiger partial charge < -0.3 is 0 Å². The predicted molar refractivity (Wildman–Crippen MR) is 23.6 cm³/mol. The van der Waals surface area contributed by atoms with Gasteiger partial charge in [-0.3, -0.25) is 4.84 Å². The molecule has 0 unspecified atom stereocenters. The Hall–Kier alpha value is -0.340. The second kappa shape index (κ2) is 4.66. The van der Waals surface area contributed by atoms with E-state index in [2.05, 4.69) is 11.4 Å². The fourth-order valence-electron chi connectivity index (χ4n) is 0.107. The lowest BCUT2D eigenvalue weighted by Gasteiger charge is -1.89.